The molecular weight excluding hydrogens is 448 g/mol. The molecule has 0 bridgehead atoms. The summed E-state index contributed by atoms with van der Waals surface area (Å²) in [7, 11) is 0. The van der Waals surface area contributed by atoms with Crippen LogP contribution in [0.1, 0.15) is 57.3 Å². The minimum Gasteiger partial charge on any atom is -0.294 e. The Bertz CT molecular complexity index is 1220. The summed E-state index contributed by atoms with van der Waals surface area (Å²) in [5, 5.41) is 7.54. The van der Waals surface area contributed by atoms with Crippen LogP contribution in [0.3, 0.4) is 0 Å². The molecule has 3 heterocycles. The van der Waals surface area contributed by atoms with Crippen molar-refractivity contribution in [3.63, 3.8) is 0 Å². The Labute approximate surface area is 203 Å². The van der Waals surface area contributed by atoms with Crippen molar-refractivity contribution in [2.75, 3.05) is 4.90 Å². The summed E-state index contributed by atoms with van der Waals surface area (Å²) in [4.78, 5) is 18.2. The molecule has 170 valence electrons. The Balaban J connectivity index is 1.39. The number of carbonyl (C=O) groups excluding carboxylic acids is 1. The molecule has 5 rings (SSSR count). The van der Waals surface area contributed by atoms with E-state index in [4.69, 9.17) is 0 Å². The SMILES string of the molecule is Cc1ccc(C)c(CSC2=NNC3N(Cc4ccc(C(C)C)cc4)C(=O)c4sccc4N23)c1. The number of thiophene rings is 1. The minimum atomic E-state index is -0.314. The third kappa shape index (κ3) is 4.15. The lowest BCUT2D eigenvalue weighted by molar-refractivity contribution is 0.0629. The number of fused-ring (bicyclic) bond motifs is 3. The molecule has 5 nitrogen and oxygen atoms in total. The van der Waals surface area contributed by atoms with Gasteiger partial charge in [0.2, 0.25) is 6.29 Å². The van der Waals surface area contributed by atoms with Gasteiger partial charge in [-0.15, -0.1) is 11.3 Å². The molecule has 2 aromatic carbocycles. The molecule has 33 heavy (non-hydrogen) atoms. The van der Waals surface area contributed by atoms with E-state index >= 15 is 0 Å². The van der Waals surface area contributed by atoms with E-state index in [1.807, 2.05) is 16.3 Å². The van der Waals surface area contributed by atoms with Gasteiger partial charge in [0, 0.05) is 12.3 Å². The molecule has 3 aromatic rings. The third-order valence-electron chi connectivity index (χ3n) is 6.24. The van der Waals surface area contributed by atoms with Crippen molar-refractivity contribution >= 4 is 39.9 Å². The Morgan fingerprint density at radius 1 is 1.12 bits per heavy atom. The van der Waals surface area contributed by atoms with Crippen molar-refractivity contribution < 1.29 is 4.79 Å². The summed E-state index contributed by atoms with van der Waals surface area (Å²) in [6, 6.07) is 17.2. The fourth-order valence-electron chi connectivity index (χ4n) is 4.23. The molecule has 0 fully saturated rings. The summed E-state index contributed by atoms with van der Waals surface area (Å²) < 4.78 is 0. The van der Waals surface area contributed by atoms with Crippen LogP contribution in [0.15, 0.2) is 59.0 Å². The second-order valence-electron chi connectivity index (χ2n) is 8.95. The van der Waals surface area contributed by atoms with Crippen molar-refractivity contribution in [2.45, 2.75) is 52.2 Å². The smallest absolute Gasteiger partial charge is 0.269 e. The van der Waals surface area contributed by atoms with Gasteiger partial charge in [-0.25, -0.2) is 0 Å². The van der Waals surface area contributed by atoms with Crippen LogP contribution in [-0.4, -0.2) is 22.3 Å². The van der Waals surface area contributed by atoms with Crippen LogP contribution in [0.2, 0.25) is 0 Å². The number of nitrogens with zero attached hydrogens (tertiary/aromatic N) is 3. The Hall–Kier alpha value is -2.77. The third-order valence-corrected chi connectivity index (χ3v) is 8.13. The Morgan fingerprint density at radius 3 is 2.67 bits per heavy atom. The standard InChI is InChI=1S/C26H28N4OS2/c1-16(2)20-9-7-19(8-10-20)14-29-24(31)23-22(11-12-32-23)30-25(29)27-28-26(30)33-15-21-13-17(3)5-6-18(21)4/h5-13,16,25,27H,14-15H2,1-4H3. The van der Waals surface area contributed by atoms with E-state index in [1.54, 1.807) is 11.8 Å². The lowest BCUT2D eigenvalue weighted by Gasteiger charge is -2.39. The number of thioether (sulfide) groups is 1. The van der Waals surface area contributed by atoms with E-state index < -0.39 is 0 Å². The number of amides is 1. The van der Waals surface area contributed by atoms with Crippen molar-refractivity contribution in [1.29, 1.82) is 0 Å². The van der Waals surface area contributed by atoms with E-state index in [9.17, 15) is 4.79 Å². The van der Waals surface area contributed by atoms with E-state index in [0.29, 0.717) is 12.5 Å². The number of hydrogen-bond acceptors (Lipinski definition) is 6. The van der Waals surface area contributed by atoms with E-state index in [-0.39, 0.29) is 12.2 Å². The zero-order valence-electron chi connectivity index (χ0n) is 19.3. The van der Waals surface area contributed by atoms with Crippen LogP contribution < -0.4 is 10.3 Å². The van der Waals surface area contributed by atoms with Gasteiger partial charge in [0.05, 0.1) is 5.69 Å². The fourth-order valence-corrected chi connectivity index (χ4v) is 6.12. The molecule has 0 spiro atoms. The van der Waals surface area contributed by atoms with Gasteiger partial charge in [0.1, 0.15) is 4.88 Å². The number of hydrazone groups is 1. The maximum Gasteiger partial charge on any atom is 0.269 e. The van der Waals surface area contributed by atoms with Crippen molar-refractivity contribution in [3.05, 3.63) is 86.6 Å². The van der Waals surface area contributed by atoms with Crippen LogP contribution in [0.5, 0.6) is 0 Å². The highest BCUT2D eigenvalue weighted by Crippen LogP contribution is 2.39. The summed E-state index contributed by atoms with van der Waals surface area (Å²) in [6.45, 7) is 9.19. The topological polar surface area (TPSA) is 47.9 Å². The quantitative estimate of drug-likeness (QED) is 0.488. The monoisotopic (exact) mass is 476 g/mol. The van der Waals surface area contributed by atoms with Gasteiger partial charge in [-0.2, -0.15) is 5.10 Å². The highest BCUT2D eigenvalue weighted by molar-refractivity contribution is 8.13. The number of nitrogens with one attached hydrogen (secondary N) is 1. The first kappa shape index (κ1) is 22.0. The normalized spacial score (nSPS) is 17.2. The highest BCUT2D eigenvalue weighted by Gasteiger charge is 2.43. The summed E-state index contributed by atoms with van der Waals surface area (Å²) in [6.07, 6.45) is -0.314. The van der Waals surface area contributed by atoms with Gasteiger partial charge in [0.25, 0.3) is 5.91 Å². The molecule has 1 N–H and O–H groups in total. The predicted molar refractivity (Wildman–Crippen MR) is 139 cm³/mol. The molecule has 1 unspecified atom stereocenters. The van der Waals surface area contributed by atoms with Gasteiger partial charge < -0.3 is 0 Å². The number of amidine groups is 1. The minimum absolute atomic E-state index is 0.0534. The Morgan fingerprint density at radius 2 is 1.91 bits per heavy atom. The Kier molecular flexibility index (Phi) is 5.93. The van der Waals surface area contributed by atoms with Gasteiger partial charge in [0.15, 0.2) is 5.17 Å². The van der Waals surface area contributed by atoms with E-state index in [1.165, 1.54) is 33.6 Å². The summed E-state index contributed by atoms with van der Waals surface area (Å²) in [5.74, 6) is 1.38. The summed E-state index contributed by atoms with van der Waals surface area (Å²) >= 11 is 3.21. The number of rotatable bonds is 5. The molecule has 1 amide bonds. The van der Waals surface area contributed by atoms with Crippen molar-refractivity contribution in [3.8, 4) is 0 Å². The molecule has 1 atom stereocenters. The molecule has 0 saturated carbocycles. The molecular formula is C26H28N4OS2. The molecule has 0 saturated heterocycles. The van der Waals surface area contributed by atoms with Crippen molar-refractivity contribution in [2.24, 2.45) is 5.10 Å². The molecule has 7 heteroatoms. The number of carbonyl (C=O) groups is 1. The molecule has 0 aliphatic carbocycles. The van der Waals surface area contributed by atoms with Crippen LogP contribution in [0, 0.1) is 13.8 Å². The zero-order chi connectivity index (χ0) is 23.1. The van der Waals surface area contributed by atoms with Gasteiger partial charge >= 0.3 is 0 Å². The molecule has 1 aromatic heterocycles. The van der Waals surface area contributed by atoms with Crippen LogP contribution >= 0.6 is 23.1 Å². The van der Waals surface area contributed by atoms with Crippen molar-refractivity contribution in [1.82, 2.24) is 10.3 Å². The zero-order valence-corrected chi connectivity index (χ0v) is 21.0. The first-order chi connectivity index (χ1) is 15.9. The largest absolute Gasteiger partial charge is 0.294 e. The average Bonchev–Trinajstić information content (AvgIpc) is 3.45. The highest BCUT2D eigenvalue weighted by atomic mass is 32.2. The van der Waals surface area contributed by atoms with Gasteiger partial charge in [-0.05, 0) is 53.5 Å². The number of anilines is 1. The van der Waals surface area contributed by atoms with E-state index in [0.717, 1.165) is 27.0 Å². The average molecular weight is 477 g/mol. The maximum absolute atomic E-state index is 13.4. The first-order valence-electron chi connectivity index (χ1n) is 11.2. The number of hydrogen-bond donors (Lipinski definition) is 1. The first-order valence-corrected chi connectivity index (χ1v) is 13.1. The van der Waals surface area contributed by atoms with Crippen LogP contribution in [-0.2, 0) is 12.3 Å². The van der Waals surface area contributed by atoms with E-state index in [2.05, 4.69) is 85.6 Å². The second kappa shape index (κ2) is 8.88. The predicted octanol–water partition coefficient (Wildman–Crippen LogP) is 6.04. The lowest BCUT2D eigenvalue weighted by Crippen LogP contribution is -2.57. The maximum atomic E-state index is 13.4. The molecule has 0 radical (unpaired) electrons. The van der Waals surface area contributed by atoms with Gasteiger partial charge in [-0.1, -0.05) is 73.6 Å². The molecule has 2 aliphatic heterocycles. The summed E-state index contributed by atoms with van der Waals surface area (Å²) in [5.41, 5.74) is 10.5. The van der Waals surface area contributed by atoms with Crippen LogP contribution in [0.4, 0.5) is 5.69 Å². The van der Waals surface area contributed by atoms with Crippen LogP contribution in [0.25, 0.3) is 0 Å². The number of aryl methyl sites for hydroxylation is 2. The molecule has 2 aliphatic rings. The number of benzene rings is 2. The second-order valence-corrected chi connectivity index (χ2v) is 10.8. The fraction of sp³-hybridized carbons (Fsp3) is 0.308. The lowest BCUT2D eigenvalue weighted by atomic mass is 10.0. The van der Waals surface area contributed by atoms with Gasteiger partial charge in [-0.3, -0.25) is 20.0 Å².